The largest absolute Gasteiger partial charge is 0.480 e. The SMILES string of the molecule is CC(=O)NC1[C@H](OCCOCCOCCOCC(=O)NCCCC[C@H](NC(=O)COCCOCCOCCO[C@@H]2O[C@H](CO)[C@H](O)[C@H](O)C2NC(C)=O)C(=O)N[C@@H](CCCCNC(=O)COCCOCCOCCO[C@@H]2O[C@H](CO)[C@H](O)[C@H](O)[C@H]2NC(C)=O)C(=O)O)O[C@H](CO)[C@H](O)[C@@H]1O. The van der Waals surface area contributed by atoms with Gasteiger partial charge in [0.25, 0.3) is 0 Å². The molecule has 0 saturated carbocycles. The summed E-state index contributed by atoms with van der Waals surface area (Å²) in [6.45, 7) is 2.54. The topological polar surface area (TPSA) is 562 Å². The lowest BCUT2D eigenvalue weighted by Gasteiger charge is -2.42. The summed E-state index contributed by atoms with van der Waals surface area (Å²) in [4.78, 5) is 98.8. The van der Waals surface area contributed by atoms with Crippen LogP contribution in [-0.2, 0) is 109 Å². The maximum Gasteiger partial charge on any atom is 0.326 e. The van der Waals surface area contributed by atoms with Crippen molar-refractivity contribution >= 4 is 47.3 Å². The van der Waals surface area contributed by atoms with Crippen LogP contribution in [0.25, 0.3) is 0 Å². The molecule has 3 saturated heterocycles. The van der Waals surface area contributed by atoms with Gasteiger partial charge in [-0.2, -0.15) is 0 Å². The molecule has 40 heteroatoms. The standard InChI is InChI=1S/C60H107N7O33/c1-36(71)63-47-53(80)50(77)41(30-68)98-58(47)95-27-24-89-15-12-86-18-21-92-33-44(74)61-10-6-4-8-39(66-46(76)35-94-23-20-88-14-17-91-26-29-97-60-49(65-38(3)73)55(82)52(79)43(32-70)100-60)56(83)67-40(57(84)85)9-5-7-11-62-45(75)34-93-22-19-87-13-16-90-25-28-96-59-48(64-37(2)72)54(81)51(78)42(31-69)99-59/h39-43,47-55,58-60,68-70,77-82H,4-35H2,1-3H3,(H,61,74)(H,62,75)(H,63,71)(H,64,72)(H,65,73)(H,66,76)(H,67,83)(H,84,85)/t39-,40-,41+,42+,43+,47?,48+,49?,50-,51-,52-,53+,54+,55+,58+,59+,60+/m0/s1. The normalized spacial score (nSPS) is 25.8. The van der Waals surface area contributed by atoms with Crippen LogP contribution in [-0.4, -0.2) is 374 Å². The Morgan fingerprint density at radius 1 is 0.360 bits per heavy atom. The summed E-state index contributed by atoms with van der Waals surface area (Å²) in [7, 11) is 0. The van der Waals surface area contributed by atoms with Crippen molar-refractivity contribution in [2.45, 2.75) is 163 Å². The molecule has 3 fully saturated rings. The molecule has 2 unspecified atom stereocenters. The van der Waals surface area contributed by atoms with E-state index < -0.39 is 178 Å². The number of nitrogens with one attached hydrogen (secondary N) is 7. The third kappa shape index (κ3) is 36.3. The fraction of sp³-hybridized carbons (Fsp3) is 0.867. The van der Waals surface area contributed by atoms with Crippen molar-refractivity contribution in [3.8, 4) is 0 Å². The first kappa shape index (κ1) is 89.0. The summed E-state index contributed by atoms with van der Waals surface area (Å²) in [6, 6.07) is -5.87. The summed E-state index contributed by atoms with van der Waals surface area (Å²) < 4.78 is 82.2. The molecule has 0 aromatic carbocycles. The predicted octanol–water partition coefficient (Wildman–Crippen LogP) is -9.36. The minimum Gasteiger partial charge on any atom is -0.480 e. The van der Waals surface area contributed by atoms with Crippen molar-refractivity contribution in [1.29, 1.82) is 0 Å². The van der Waals surface area contributed by atoms with Crippen LogP contribution in [0.2, 0.25) is 0 Å². The molecule has 0 bridgehead atoms. The van der Waals surface area contributed by atoms with Crippen LogP contribution in [0.1, 0.15) is 59.3 Å². The number of aliphatic carboxylic acids is 1. The summed E-state index contributed by atoms with van der Waals surface area (Å²) in [5.41, 5.74) is 0. The molecule has 17 atom stereocenters. The molecule has 100 heavy (non-hydrogen) atoms. The Hall–Kier alpha value is -5.20. The van der Waals surface area contributed by atoms with Gasteiger partial charge in [0, 0.05) is 33.9 Å². The highest BCUT2D eigenvalue weighted by Crippen LogP contribution is 2.25. The number of ether oxygens (including phenoxy) is 15. The molecule has 3 rings (SSSR count). The lowest BCUT2D eigenvalue weighted by molar-refractivity contribution is -0.272. The smallest absolute Gasteiger partial charge is 0.326 e. The molecule has 0 radical (unpaired) electrons. The zero-order valence-electron chi connectivity index (χ0n) is 56.8. The van der Waals surface area contributed by atoms with Crippen LogP contribution >= 0.6 is 0 Å². The van der Waals surface area contributed by atoms with E-state index in [0.717, 1.165) is 0 Å². The zero-order chi connectivity index (χ0) is 73.6. The minimum atomic E-state index is -1.47. The summed E-state index contributed by atoms with van der Waals surface area (Å²) in [5, 5.41) is 118. The highest BCUT2D eigenvalue weighted by Gasteiger charge is 2.48. The van der Waals surface area contributed by atoms with Gasteiger partial charge >= 0.3 is 5.97 Å². The number of hydrogen-bond acceptors (Lipinski definition) is 32. The second-order valence-corrected chi connectivity index (χ2v) is 23.0. The van der Waals surface area contributed by atoms with Crippen LogP contribution in [0.15, 0.2) is 0 Å². The van der Waals surface area contributed by atoms with Gasteiger partial charge in [-0.15, -0.1) is 0 Å². The number of carbonyl (C=O) groups is 8. The van der Waals surface area contributed by atoms with E-state index >= 15 is 0 Å². The number of unbranched alkanes of at least 4 members (excludes halogenated alkanes) is 2. The Balaban J connectivity index is 1.34. The summed E-state index contributed by atoms with van der Waals surface area (Å²) >= 11 is 0. The van der Waals surface area contributed by atoms with Crippen molar-refractivity contribution in [2.24, 2.45) is 0 Å². The van der Waals surface area contributed by atoms with Gasteiger partial charge in [0.1, 0.15) is 105 Å². The second kappa shape index (κ2) is 52.7. The van der Waals surface area contributed by atoms with Crippen LogP contribution < -0.4 is 37.2 Å². The quantitative estimate of drug-likeness (QED) is 0.0252. The van der Waals surface area contributed by atoms with Gasteiger partial charge in [-0.1, -0.05) is 0 Å². The first-order valence-electron chi connectivity index (χ1n) is 33.1. The average Bonchev–Trinajstić information content (AvgIpc) is 0.825. The fourth-order valence-electron chi connectivity index (χ4n) is 9.86. The number of aliphatic hydroxyl groups is 9. The maximum atomic E-state index is 13.6. The van der Waals surface area contributed by atoms with Crippen LogP contribution in [0, 0.1) is 0 Å². The highest BCUT2D eigenvalue weighted by molar-refractivity contribution is 5.90. The van der Waals surface area contributed by atoms with Gasteiger partial charge in [0.05, 0.1) is 139 Å². The molecule has 0 aliphatic carbocycles. The Morgan fingerprint density at radius 3 is 0.930 bits per heavy atom. The van der Waals surface area contributed by atoms with Gasteiger partial charge in [0.15, 0.2) is 18.9 Å². The number of aliphatic hydroxyl groups excluding tert-OH is 9. The van der Waals surface area contributed by atoms with Crippen molar-refractivity contribution in [1.82, 2.24) is 37.2 Å². The van der Waals surface area contributed by atoms with Crippen molar-refractivity contribution < 1.29 is 160 Å². The second-order valence-electron chi connectivity index (χ2n) is 23.0. The van der Waals surface area contributed by atoms with E-state index in [1.54, 1.807) is 0 Å². The van der Waals surface area contributed by atoms with Crippen LogP contribution in [0.3, 0.4) is 0 Å². The number of carboxylic acids is 1. The molecule has 3 heterocycles. The van der Waals surface area contributed by atoms with E-state index in [0.29, 0.717) is 12.8 Å². The van der Waals surface area contributed by atoms with Crippen molar-refractivity contribution in [3.63, 3.8) is 0 Å². The number of hydrogen-bond donors (Lipinski definition) is 17. The number of carboxylic acid groups (broad SMARTS) is 1. The third-order valence-corrected chi connectivity index (χ3v) is 15.0. The molecular formula is C60H107N7O33. The monoisotopic (exact) mass is 1450 g/mol. The highest BCUT2D eigenvalue weighted by atomic mass is 16.7. The Morgan fingerprint density at radius 2 is 0.640 bits per heavy atom. The van der Waals surface area contributed by atoms with Gasteiger partial charge in [-0.3, -0.25) is 33.6 Å². The first-order valence-corrected chi connectivity index (χ1v) is 33.1. The molecule has 580 valence electrons. The Kier molecular flexibility index (Phi) is 46.9. The lowest BCUT2D eigenvalue weighted by atomic mass is 9.97. The fourth-order valence-corrected chi connectivity index (χ4v) is 9.86. The zero-order valence-corrected chi connectivity index (χ0v) is 56.8. The van der Waals surface area contributed by atoms with Gasteiger partial charge in [-0.05, 0) is 38.5 Å². The molecule has 3 aliphatic rings. The Labute approximate surface area is 578 Å². The number of rotatable bonds is 56. The van der Waals surface area contributed by atoms with Gasteiger partial charge < -0.3 is 159 Å². The minimum absolute atomic E-state index is 0.0161. The summed E-state index contributed by atoms with van der Waals surface area (Å²) in [6.07, 6.45) is -14.4. The molecular weight excluding hydrogens is 1350 g/mol. The molecule has 0 spiro atoms. The van der Waals surface area contributed by atoms with Crippen molar-refractivity contribution in [2.75, 3.05) is 172 Å². The molecule has 0 aromatic rings. The van der Waals surface area contributed by atoms with E-state index in [2.05, 4.69) is 37.2 Å². The molecule has 7 amide bonds. The average molecular weight is 1450 g/mol. The molecule has 0 aromatic heterocycles. The predicted molar refractivity (Wildman–Crippen MR) is 337 cm³/mol. The van der Waals surface area contributed by atoms with Crippen LogP contribution in [0.5, 0.6) is 0 Å². The summed E-state index contributed by atoms with van der Waals surface area (Å²) in [5.74, 6) is -5.18. The molecule has 40 nitrogen and oxygen atoms in total. The van der Waals surface area contributed by atoms with E-state index in [1.165, 1.54) is 20.8 Å². The molecule has 17 N–H and O–H groups in total. The van der Waals surface area contributed by atoms with Crippen LogP contribution in [0.4, 0.5) is 0 Å². The van der Waals surface area contributed by atoms with E-state index in [4.69, 9.17) is 71.1 Å². The lowest BCUT2D eigenvalue weighted by Crippen LogP contribution is -2.64. The first-order chi connectivity index (χ1) is 48.0. The molecule has 3 aliphatic heterocycles. The number of amides is 7. The van der Waals surface area contributed by atoms with Gasteiger partial charge in [0.2, 0.25) is 41.4 Å². The van der Waals surface area contributed by atoms with E-state index in [-0.39, 0.29) is 171 Å². The van der Waals surface area contributed by atoms with Crippen molar-refractivity contribution in [3.05, 3.63) is 0 Å². The van der Waals surface area contributed by atoms with E-state index in [9.17, 15) is 89.4 Å². The number of carbonyl (C=O) groups excluding carboxylic acids is 7. The third-order valence-electron chi connectivity index (χ3n) is 15.0. The van der Waals surface area contributed by atoms with E-state index in [1.807, 2.05) is 0 Å². The Bertz CT molecular complexity index is 2310. The van der Waals surface area contributed by atoms with Gasteiger partial charge in [-0.25, -0.2) is 4.79 Å². The maximum absolute atomic E-state index is 13.6.